The molecular weight excluding hydrogens is 324 g/mol. The van der Waals surface area contributed by atoms with Gasteiger partial charge in [-0.2, -0.15) is 0 Å². The Morgan fingerprint density at radius 2 is 2.12 bits per heavy atom. The van der Waals surface area contributed by atoms with Gasteiger partial charge in [0, 0.05) is 19.0 Å². The van der Waals surface area contributed by atoms with Crippen LogP contribution in [0.5, 0.6) is 11.5 Å². The van der Waals surface area contributed by atoms with Gasteiger partial charge in [-0.25, -0.2) is 4.98 Å². The van der Waals surface area contributed by atoms with Gasteiger partial charge >= 0.3 is 0 Å². The van der Waals surface area contributed by atoms with Gasteiger partial charge < -0.3 is 25.2 Å². The number of carbonyl (C=O) groups is 1. The van der Waals surface area contributed by atoms with Crippen LogP contribution in [0.15, 0.2) is 30.6 Å². The van der Waals surface area contributed by atoms with Gasteiger partial charge in [-0.05, 0) is 24.1 Å². The fourth-order valence-corrected chi connectivity index (χ4v) is 3.30. The molecule has 1 amide bonds. The second kappa shape index (κ2) is 6.21. The Morgan fingerprint density at radius 1 is 1.28 bits per heavy atom. The van der Waals surface area contributed by atoms with Crippen molar-refractivity contribution in [3.05, 3.63) is 41.9 Å². The molecule has 0 spiro atoms. The number of rotatable bonds is 3. The molecule has 0 bridgehead atoms. The monoisotopic (exact) mass is 342 g/mol. The zero-order valence-corrected chi connectivity index (χ0v) is 13.5. The van der Waals surface area contributed by atoms with Crippen molar-refractivity contribution in [2.45, 2.75) is 18.4 Å². The zero-order chi connectivity index (χ0) is 17.4. The standard InChI is InChI=1S/C17H18N4O4/c18-17(23)12-6-19-7-16(20-12)21-4-3-11(13(22)8-21)10-1-2-14-15(5-10)25-9-24-14/h1-2,5-7,11,13,22H,3-4,8-9H2,(H2,18,23)/t11-,13+/m0/s1. The van der Waals surface area contributed by atoms with Crippen LogP contribution in [0, 0.1) is 0 Å². The fraction of sp³-hybridized carbons (Fsp3) is 0.353. The lowest BCUT2D eigenvalue weighted by Gasteiger charge is -2.36. The average Bonchev–Trinajstić information content (AvgIpc) is 3.09. The maximum atomic E-state index is 11.3. The Morgan fingerprint density at radius 3 is 2.92 bits per heavy atom. The predicted molar refractivity (Wildman–Crippen MR) is 88.7 cm³/mol. The third kappa shape index (κ3) is 2.96. The van der Waals surface area contributed by atoms with Crippen molar-refractivity contribution in [3.63, 3.8) is 0 Å². The highest BCUT2D eigenvalue weighted by atomic mass is 16.7. The zero-order valence-electron chi connectivity index (χ0n) is 13.5. The number of anilines is 1. The Kier molecular flexibility index (Phi) is 3.89. The molecule has 0 radical (unpaired) electrons. The van der Waals surface area contributed by atoms with Gasteiger partial charge in [0.1, 0.15) is 11.5 Å². The molecule has 4 rings (SSSR count). The summed E-state index contributed by atoms with van der Waals surface area (Å²) in [5.74, 6) is 1.36. The van der Waals surface area contributed by atoms with Crippen LogP contribution in [-0.2, 0) is 0 Å². The predicted octanol–water partition coefficient (Wildman–Crippen LogP) is 0.659. The molecule has 0 aliphatic carbocycles. The van der Waals surface area contributed by atoms with E-state index in [-0.39, 0.29) is 18.4 Å². The van der Waals surface area contributed by atoms with E-state index in [1.165, 1.54) is 6.20 Å². The molecule has 3 N–H and O–H groups in total. The van der Waals surface area contributed by atoms with Gasteiger partial charge in [0.05, 0.1) is 18.5 Å². The van der Waals surface area contributed by atoms with Crippen molar-refractivity contribution in [3.8, 4) is 11.5 Å². The molecule has 1 aromatic heterocycles. The van der Waals surface area contributed by atoms with Gasteiger partial charge in [0.15, 0.2) is 11.5 Å². The number of carbonyl (C=O) groups excluding carboxylic acids is 1. The summed E-state index contributed by atoms with van der Waals surface area (Å²) in [6.45, 7) is 1.32. The number of amides is 1. The maximum absolute atomic E-state index is 11.3. The highest BCUT2D eigenvalue weighted by Gasteiger charge is 2.31. The largest absolute Gasteiger partial charge is 0.454 e. The SMILES string of the molecule is NC(=O)c1cncc(N2CC[C@@H](c3ccc4c(c3)OCO4)[C@H](O)C2)n1. The minimum Gasteiger partial charge on any atom is -0.454 e. The number of hydrogen-bond acceptors (Lipinski definition) is 7. The molecule has 0 saturated carbocycles. The third-order valence-corrected chi connectivity index (χ3v) is 4.60. The number of aliphatic hydroxyl groups is 1. The summed E-state index contributed by atoms with van der Waals surface area (Å²) in [7, 11) is 0. The molecule has 1 aromatic carbocycles. The molecule has 130 valence electrons. The molecule has 8 heteroatoms. The lowest BCUT2D eigenvalue weighted by atomic mass is 9.87. The summed E-state index contributed by atoms with van der Waals surface area (Å²) in [6.07, 6.45) is 3.07. The van der Waals surface area contributed by atoms with Crippen LogP contribution in [0.4, 0.5) is 5.82 Å². The first-order valence-electron chi connectivity index (χ1n) is 8.06. The number of fused-ring (bicyclic) bond motifs is 1. The first-order chi connectivity index (χ1) is 12.1. The van der Waals surface area contributed by atoms with Crippen LogP contribution < -0.4 is 20.1 Å². The van der Waals surface area contributed by atoms with Crippen LogP contribution in [0.2, 0.25) is 0 Å². The number of benzene rings is 1. The van der Waals surface area contributed by atoms with Gasteiger partial charge in [-0.1, -0.05) is 6.07 Å². The van der Waals surface area contributed by atoms with Crippen molar-refractivity contribution in [2.24, 2.45) is 5.73 Å². The lowest BCUT2D eigenvalue weighted by Crippen LogP contribution is -2.43. The molecule has 1 saturated heterocycles. The Balaban J connectivity index is 1.51. The van der Waals surface area contributed by atoms with E-state index in [4.69, 9.17) is 15.2 Å². The number of hydrogen-bond donors (Lipinski definition) is 2. The van der Waals surface area contributed by atoms with Crippen molar-refractivity contribution in [1.82, 2.24) is 9.97 Å². The van der Waals surface area contributed by atoms with E-state index in [1.807, 2.05) is 23.1 Å². The van der Waals surface area contributed by atoms with Crippen LogP contribution in [0.1, 0.15) is 28.4 Å². The minimum atomic E-state index is -0.620. The molecule has 3 heterocycles. The van der Waals surface area contributed by atoms with Crippen molar-refractivity contribution in [1.29, 1.82) is 0 Å². The fourth-order valence-electron chi connectivity index (χ4n) is 3.30. The van der Waals surface area contributed by atoms with E-state index in [2.05, 4.69) is 9.97 Å². The van der Waals surface area contributed by atoms with Crippen molar-refractivity contribution in [2.75, 3.05) is 24.8 Å². The summed E-state index contributed by atoms with van der Waals surface area (Å²) in [4.78, 5) is 21.4. The number of primary amides is 1. The quantitative estimate of drug-likeness (QED) is 0.843. The third-order valence-electron chi connectivity index (χ3n) is 4.60. The molecule has 0 unspecified atom stereocenters. The average molecular weight is 342 g/mol. The number of β-amino-alcohol motifs (C(OH)–C–C–N with tert-alkyl or cyclic N) is 1. The Bertz CT molecular complexity index is 813. The van der Waals surface area contributed by atoms with E-state index >= 15 is 0 Å². The first-order valence-corrected chi connectivity index (χ1v) is 8.06. The van der Waals surface area contributed by atoms with Gasteiger partial charge in [0.2, 0.25) is 6.79 Å². The summed E-state index contributed by atoms with van der Waals surface area (Å²) in [5, 5.41) is 10.6. The van der Waals surface area contributed by atoms with Crippen LogP contribution in [0.3, 0.4) is 0 Å². The molecule has 25 heavy (non-hydrogen) atoms. The summed E-state index contributed by atoms with van der Waals surface area (Å²) >= 11 is 0. The molecule has 2 aromatic rings. The number of ether oxygens (including phenoxy) is 2. The topological polar surface area (TPSA) is 111 Å². The first kappa shape index (κ1) is 15.6. The van der Waals surface area contributed by atoms with Crippen LogP contribution in [-0.4, -0.2) is 47.0 Å². The highest BCUT2D eigenvalue weighted by molar-refractivity contribution is 5.90. The van der Waals surface area contributed by atoms with E-state index in [9.17, 15) is 9.90 Å². The van der Waals surface area contributed by atoms with E-state index in [0.29, 0.717) is 24.7 Å². The van der Waals surface area contributed by atoms with Crippen LogP contribution in [0.25, 0.3) is 0 Å². The van der Waals surface area contributed by atoms with E-state index in [0.717, 1.165) is 17.7 Å². The maximum Gasteiger partial charge on any atom is 0.268 e. The smallest absolute Gasteiger partial charge is 0.268 e. The van der Waals surface area contributed by atoms with Gasteiger partial charge in [-0.15, -0.1) is 0 Å². The second-order valence-corrected chi connectivity index (χ2v) is 6.15. The van der Waals surface area contributed by atoms with Gasteiger partial charge in [-0.3, -0.25) is 9.78 Å². The summed E-state index contributed by atoms with van der Waals surface area (Å²) < 4.78 is 10.7. The molecule has 2 atom stereocenters. The number of aromatic nitrogens is 2. The molecule has 1 fully saturated rings. The Hall–Kier alpha value is -2.87. The summed E-state index contributed by atoms with van der Waals surface area (Å²) in [5.41, 5.74) is 6.39. The molecular formula is C17H18N4O4. The number of nitrogens with zero attached hydrogens (tertiary/aromatic N) is 3. The van der Waals surface area contributed by atoms with Gasteiger partial charge in [0.25, 0.3) is 5.91 Å². The number of aliphatic hydroxyl groups excluding tert-OH is 1. The number of piperidine rings is 1. The van der Waals surface area contributed by atoms with Crippen LogP contribution >= 0.6 is 0 Å². The lowest BCUT2D eigenvalue weighted by molar-refractivity contribution is 0.0995. The molecule has 2 aliphatic heterocycles. The highest BCUT2D eigenvalue weighted by Crippen LogP contribution is 2.37. The molecule has 8 nitrogen and oxygen atoms in total. The van der Waals surface area contributed by atoms with Crippen molar-refractivity contribution >= 4 is 11.7 Å². The Labute approximate surface area is 144 Å². The van der Waals surface area contributed by atoms with Crippen molar-refractivity contribution < 1.29 is 19.4 Å². The van der Waals surface area contributed by atoms with E-state index in [1.54, 1.807) is 6.20 Å². The minimum absolute atomic E-state index is 0.00182. The number of nitrogens with two attached hydrogens (primary N) is 1. The normalized spacial score (nSPS) is 22.0. The second-order valence-electron chi connectivity index (χ2n) is 6.15. The van der Waals surface area contributed by atoms with E-state index < -0.39 is 12.0 Å². The molecule has 2 aliphatic rings. The summed E-state index contributed by atoms with van der Waals surface area (Å²) in [6, 6.07) is 5.77.